The SMILES string of the molecule is NCC1(C2(c3cc[nH]c3)COC2)CC1. The van der Waals surface area contributed by atoms with Gasteiger partial charge < -0.3 is 15.5 Å². The molecular formula is C11H16N2O. The summed E-state index contributed by atoms with van der Waals surface area (Å²) in [5.74, 6) is 0. The molecule has 2 fully saturated rings. The summed E-state index contributed by atoms with van der Waals surface area (Å²) in [4.78, 5) is 3.13. The molecule has 1 aliphatic carbocycles. The van der Waals surface area contributed by atoms with Gasteiger partial charge in [-0.25, -0.2) is 0 Å². The molecule has 0 bridgehead atoms. The highest BCUT2D eigenvalue weighted by atomic mass is 16.5. The summed E-state index contributed by atoms with van der Waals surface area (Å²) in [5, 5.41) is 0. The average molecular weight is 192 g/mol. The van der Waals surface area contributed by atoms with E-state index < -0.39 is 0 Å². The first-order valence-electron chi connectivity index (χ1n) is 5.24. The number of ether oxygens (including phenoxy) is 1. The lowest BCUT2D eigenvalue weighted by atomic mass is 9.67. The van der Waals surface area contributed by atoms with Crippen LogP contribution >= 0.6 is 0 Å². The molecular weight excluding hydrogens is 176 g/mol. The quantitative estimate of drug-likeness (QED) is 0.751. The fourth-order valence-electron chi connectivity index (χ4n) is 2.74. The highest BCUT2D eigenvalue weighted by Gasteiger charge is 2.62. The molecule has 0 unspecified atom stereocenters. The van der Waals surface area contributed by atoms with Gasteiger partial charge in [0.15, 0.2) is 0 Å². The fourth-order valence-corrected chi connectivity index (χ4v) is 2.74. The minimum absolute atomic E-state index is 0.224. The number of hydrogen-bond acceptors (Lipinski definition) is 2. The minimum Gasteiger partial charge on any atom is -0.379 e. The number of H-pyrrole nitrogens is 1. The Kier molecular flexibility index (Phi) is 1.59. The zero-order valence-corrected chi connectivity index (χ0v) is 8.25. The Balaban J connectivity index is 1.99. The minimum atomic E-state index is 0.224. The van der Waals surface area contributed by atoms with E-state index in [4.69, 9.17) is 10.5 Å². The highest BCUT2D eigenvalue weighted by Crippen LogP contribution is 2.61. The van der Waals surface area contributed by atoms with Gasteiger partial charge >= 0.3 is 0 Å². The van der Waals surface area contributed by atoms with Crippen LogP contribution < -0.4 is 5.73 Å². The van der Waals surface area contributed by atoms with Gasteiger partial charge in [-0.15, -0.1) is 0 Å². The van der Waals surface area contributed by atoms with E-state index in [0.717, 1.165) is 19.8 Å². The first-order chi connectivity index (χ1) is 6.83. The van der Waals surface area contributed by atoms with E-state index in [1.165, 1.54) is 18.4 Å². The zero-order valence-electron chi connectivity index (χ0n) is 8.25. The van der Waals surface area contributed by atoms with E-state index in [1.807, 2.05) is 6.20 Å². The Morgan fingerprint density at radius 3 is 2.57 bits per heavy atom. The summed E-state index contributed by atoms with van der Waals surface area (Å²) >= 11 is 0. The maximum absolute atomic E-state index is 5.90. The summed E-state index contributed by atoms with van der Waals surface area (Å²) in [7, 11) is 0. The summed E-state index contributed by atoms with van der Waals surface area (Å²) in [6.45, 7) is 2.49. The van der Waals surface area contributed by atoms with Crippen LogP contribution in [0.2, 0.25) is 0 Å². The molecule has 0 radical (unpaired) electrons. The van der Waals surface area contributed by atoms with Crippen LogP contribution in [0, 0.1) is 5.41 Å². The second-order valence-electron chi connectivity index (χ2n) is 4.66. The summed E-state index contributed by atoms with van der Waals surface area (Å²) in [6.07, 6.45) is 6.61. The second kappa shape index (κ2) is 2.61. The van der Waals surface area contributed by atoms with Crippen molar-refractivity contribution < 1.29 is 4.74 Å². The number of aromatic nitrogens is 1. The predicted octanol–water partition coefficient (Wildman–Crippen LogP) is 1.02. The third kappa shape index (κ3) is 0.842. The van der Waals surface area contributed by atoms with Crippen molar-refractivity contribution in [3.63, 3.8) is 0 Å². The molecule has 3 heteroatoms. The van der Waals surface area contributed by atoms with E-state index in [2.05, 4.69) is 17.2 Å². The van der Waals surface area contributed by atoms with Crippen LogP contribution in [0.15, 0.2) is 18.5 Å². The molecule has 1 aromatic heterocycles. The van der Waals surface area contributed by atoms with Crippen molar-refractivity contribution in [1.29, 1.82) is 0 Å². The number of hydrogen-bond donors (Lipinski definition) is 2. The van der Waals surface area contributed by atoms with Crippen molar-refractivity contribution in [2.75, 3.05) is 19.8 Å². The number of nitrogens with two attached hydrogens (primary N) is 1. The molecule has 3 rings (SSSR count). The molecule has 1 aromatic rings. The van der Waals surface area contributed by atoms with Crippen molar-refractivity contribution in [3.8, 4) is 0 Å². The monoisotopic (exact) mass is 192 g/mol. The molecule has 3 N–H and O–H groups in total. The lowest BCUT2D eigenvalue weighted by Gasteiger charge is -2.47. The van der Waals surface area contributed by atoms with E-state index in [9.17, 15) is 0 Å². The molecule has 2 heterocycles. The fraction of sp³-hybridized carbons (Fsp3) is 0.636. The number of rotatable bonds is 3. The van der Waals surface area contributed by atoms with Gasteiger partial charge in [0, 0.05) is 12.4 Å². The van der Waals surface area contributed by atoms with Gasteiger partial charge in [-0.2, -0.15) is 0 Å². The maximum Gasteiger partial charge on any atom is 0.0592 e. The molecule has 0 spiro atoms. The Hall–Kier alpha value is -0.800. The summed E-state index contributed by atoms with van der Waals surface area (Å²) < 4.78 is 5.42. The number of aromatic amines is 1. The van der Waals surface area contributed by atoms with Gasteiger partial charge in [-0.1, -0.05) is 0 Å². The standard InChI is InChI=1S/C11H16N2O/c12-6-10(2-3-10)11(7-14-8-11)9-1-4-13-5-9/h1,4-5,13H,2-3,6-8,12H2. The van der Waals surface area contributed by atoms with Gasteiger partial charge in [0.05, 0.1) is 18.6 Å². The topological polar surface area (TPSA) is 51.0 Å². The molecule has 0 aromatic carbocycles. The molecule has 1 saturated carbocycles. The van der Waals surface area contributed by atoms with Crippen LogP contribution in [0.1, 0.15) is 18.4 Å². The van der Waals surface area contributed by atoms with E-state index >= 15 is 0 Å². The van der Waals surface area contributed by atoms with Crippen molar-refractivity contribution in [3.05, 3.63) is 24.0 Å². The predicted molar refractivity (Wildman–Crippen MR) is 54.0 cm³/mol. The van der Waals surface area contributed by atoms with Crippen molar-refractivity contribution in [2.45, 2.75) is 18.3 Å². The van der Waals surface area contributed by atoms with Gasteiger partial charge in [0.1, 0.15) is 0 Å². The van der Waals surface area contributed by atoms with Crippen LogP contribution in [-0.2, 0) is 10.2 Å². The first kappa shape index (κ1) is 8.50. The Bertz CT molecular complexity index is 323. The van der Waals surface area contributed by atoms with Crippen LogP contribution in [0.5, 0.6) is 0 Å². The molecule has 1 saturated heterocycles. The lowest BCUT2D eigenvalue weighted by molar-refractivity contribution is -0.0972. The molecule has 0 atom stereocenters. The normalized spacial score (nSPS) is 26.9. The smallest absolute Gasteiger partial charge is 0.0592 e. The van der Waals surface area contributed by atoms with Crippen LogP contribution in [0.25, 0.3) is 0 Å². The van der Waals surface area contributed by atoms with Gasteiger partial charge in [-0.3, -0.25) is 0 Å². The van der Waals surface area contributed by atoms with Crippen molar-refractivity contribution in [2.24, 2.45) is 11.1 Å². The largest absolute Gasteiger partial charge is 0.379 e. The van der Waals surface area contributed by atoms with E-state index in [1.54, 1.807) is 0 Å². The third-order valence-corrected chi connectivity index (χ3v) is 4.11. The Morgan fingerprint density at radius 2 is 2.21 bits per heavy atom. The molecule has 3 nitrogen and oxygen atoms in total. The third-order valence-electron chi connectivity index (χ3n) is 4.11. The Morgan fingerprint density at radius 1 is 1.43 bits per heavy atom. The highest BCUT2D eigenvalue weighted by molar-refractivity contribution is 5.33. The van der Waals surface area contributed by atoms with Crippen LogP contribution in [0.4, 0.5) is 0 Å². The summed E-state index contributed by atoms with van der Waals surface area (Å²) in [6, 6.07) is 2.16. The molecule has 0 amide bonds. The average Bonchev–Trinajstić information content (AvgIpc) is 2.72. The summed E-state index contributed by atoms with van der Waals surface area (Å²) in [5.41, 5.74) is 7.85. The van der Waals surface area contributed by atoms with Crippen LogP contribution in [0.3, 0.4) is 0 Å². The van der Waals surface area contributed by atoms with Crippen LogP contribution in [-0.4, -0.2) is 24.7 Å². The Labute approximate surface area is 83.6 Å². The first-order valence-corrected chi connectivity index (χ1v) is 5.24. The molecule has 2 aliphatic rings. The second-order valence-corrected chi connectivity index (χ2v) is 4.66. The van der Waals surface area contributed by atoms with E-state index in [0.29, 0.717) is 5.41 Å². The molecule has 14 heavy (non-hydrogen) atoms. The van der Waals surface area contributed by atoms with E-state index in [-0.39, 0.29) is 5.41 Å². The van der Waals surface area contributed by atoms with Gasteiger partial charge in [0.25, 0.3) is 0 Å². The van der Waals surface area contributed by atoms with Gasteiger partial charge in [0.2, 0.25) is 0 Å². The lowest BCUT2D eigenvalue weighted by Crippen LogP contribution is -2.55. The molecule has 76 valence electrons. The maximum atomic E-state index is 5.90. The van der Waals surface area contributed by atoms with Crippen molar-refractivity contribution >= 4 is 0 Å². The van der Waals surface area contributed by atoms with Gasteiger partial charge in [-0.05, 0) is 36.4 Å². The zero-order chi connectivity index (χ0) is 9.65. The van der Waals surface area contributed by atoms with Crippen molar-refractivity contribution in [1.82, 2.24) is 4.98 Å². The number of nitrogens with one attached hydrogen (secondary N) is 1. The molecule has 1 aliphatic heterocycles.